The van der Waals surface area contributed by atoms with Crippen LogP contribution in [0.5, 0.6) is 0 Å². The number of carbonyl (C=O) groups excluding carboxylic acids is 1. The first-order valence-corrected chi connectivity index (χ1v) is 8.34. The molecule has 0 atom stereocenters. The highest BCUT2D eigenvalue weighted by molar-refractivity contribution is 7.17. The Bertz CT molecular complexity index is 787. The summed E-state index contributed by atoms with van der Waals surface area (Å²) in [6.45, 7) is 5.28. The van der Waals surface area contributed by atoms with Gasteiger partial charge in [-0.15, -0.1) is 11.3 Å². The molecule has 0 fully saturated rings. The standard InChI is InChI=1S/C15H21N3O3S/c1-4-6-8-17(5-2)12(19)10-18-11-7-9-22-13(11)14(20)16(3)15(18)21/h7,9H,4-6,8,10H2,1-3H3. The van der Waals surface area contributed by atoms with Crippen LogP contribution in [0.3, 0.4) is 0 Å². The highest BCUT2D eigenvalue weighted by atomic mass is 32.1. The molecular formula is C15H21N3O3S. The van der Waals surface area contributed by atoms with Crippen LogP contribution in [0, 0.1) is 0 Å². The third-order valence-electron chi connectivity index (χ3n) is 3.76. The van der Waals surface area contributed by atoms with Crippen LogP contribution in [-0.4, -0.2) is 33.0 Å². The molecule has 0 saturated carbocycles. The van der Waals surface area contributed by atoms with Crippen molar-refractivity contribution in [1.82, 2.24) is 14.0 Å². The molecule has 6 nitrogen and oxygen atoms in total. The van der Waals surface area contributed by atoms with Gasteiger partial charge in [-0.2, -0.15) is 0 Å². The molecule has 0 unspecified atom stereocenters. The van der Waals surface area contributed by atoms with Gasteiger partial charge in [0.25, 0.3) is 5.56 Å². The van der Waals surface area contributed by atoms with Gasteiger partial charge in [0.05, 0.1) is 5.52 Å². The van der Waals surface area contributed by atoms with Gasteiger partial charge in [0.2, 0.25) is 5.91 Å². The topological polar surface area (TPSA) is 64.3 Å². The molecule has 0 spiro atoms. The van der Waals surface area contributed by atoms with Gasteiger partial charge in [0.15, 0.2) is 0 Å². The number of unbranched alkanes of at least 4 members (excludes halogenated alkanes) is 1. The SMILES string of the molecule is CCCCN(CC)C(=O)Cn1c(=O)n(C)c(=O)c2sccc21. The zero-order valence-corrected chi connectivity index (χ0v) is 14.0. The van der Waals surface area contributed by atoms with Crippen molar-refractivity contribution in [2.24, 2.45) is 7.05 Å². The number of likely N-dealkylation sites (N-methyl/N-ethyl adjacent to an activating group) is 1. The number of nitrogens with zero attached hydrogens (tertiary/aromatic N) is 3. The van der Waals surface area contributed by atoms with E-state index in [0.717, 1.165) is 17.4 Å². The molecule has 0 bridgehead atoms. The van der Waals surface area contributed by atoms with E-state index in [4.69, 9.17) is 0 Å². The van der Waals surface area contributed by atoms with Crippen molar-refractivity contribution < 1.29 is 4.79 Å². The van der Waals surface area contributed by atoms with Gasteiger partial charge in [-0.25, -0.2) is 4.79 Å². The summed E-state index contributed by atoms with van der Waals surface area (Å²) in [7, 11) is 1.44. The lowest BCUT2D eigenvalue weighted by atomic mass is 10.3. The first-order valence-electron chi connectivity index (χ1n) is 7.46. The van der Waals surface area contributed by atoms with Crippen LogP contribution in [0.25, 0.3) is 10.2 Å². The van der Waals surface area contributed by atoms with E-state index in [1.807, 2.05) is 6.92 Å². The molecular weight excluding hydrogens is 302 g/mol. The predicted octanol–water partition coefficient (Wildman–Crippen LogP) is 1.41. The van der Waals surface area contributed by atoms with Crippen molar-refractivity contribution in [3.63, 3.8) is 0 Å². The van der Waals surface area contributed by atoms with E-state index in [9.17, 15) is 14.4 Å². The Hall–Kier alpha value is -1.89. The molecule has 120 valence electrons. The predicted molar refractivity (Wildman–Crippen MR) is 88.5 cm³/mol. The smallest absolute Gasteiger partial charge is 0.331 e. The monoisotopic (exact) mass is 323 g/mol. The lowest BCUT2D eigenvalue weighted by molar-refractivity contribution is -0.131. The van der Waals surface area contributed by atoms with E-state index in [1.165, 1.54) is 23.0 Å². The van der Waals surface area contributed by atoms with Crippen molar-refractivity contribution in [2.75, 3.05) is 13.1 Å². The van der Waals surface area contributed by atoms with Gasteiger partial charge in [-0.1, -0.05) is 13.3 Å². The van der Waals surface area contributed by atoms with Crippen LogP contribution in [0.15, 0.2) is 21.0 Å². The summed E-state index contributed by atoms with van der Waals surface area (Å²) in [4.78, 5) is 38.6. The minimum Gasteiger partial charge on any atom is -0.341 e. The summed E-state index contributed by atoms with van der Waals surface area (Å²) >= 11 is 1.29. The Morgan fingerprint density at radius 1 is 1.32 bits per heavy atom. The molecule has 2 aromatic rings. The van der Waals surface area contributed by atoms with Gasteiger partial charge in [0, 0.05) is 20.1 Å². The highest BCUT2D eigenvalue weighted by Crippen LogP contribution is 2.15. The van der Waals surface area contributed by atoms with E-state index in [2.05, 4.69) is 6.92 Å². The first kappa shape index (κ1) is 16.5. The second-order valence-electron chi connectivity index (χ2n) is 5.19. The zero-order valence-electron chi connectivity index (χ0n) is 13.2. The largest absolute Gasteiger partial charge is 0.341 e. The molecule has 0 aliphatic heterocycles. The molecule has 0 aliphatic rings. The fourth-order valence-electron chi connectivity index (χ4n) is 2.39. The number of hydrogen-bond acceptors (Lipinski definition) is 4. The second-order valence-corrected chi connectivity index (χ2v) is 6.11. The quantitative estimate of drug-likeness (QED) is 0.807. The van der Waals surface area contributed by atoms with Gasteiger partial charge in [0.1, 0.15) is 11.2 Å². The van der Waals surface area contributed by atoms with Crippen LogP contribution >= 0.6 is 11.3 Å². The molecule has 1 amide bonds. The van der Waals surface area contributed by atoms with Crippen molar-refractivity contribution in [2.45, 2.75) is 33.2 Å². The normalized spacial score (nSPS) is 11.0. The summed E-state index contributed by atoms with van der Waals surface area (Å²) in [5.41, 5.74) is -0.217. The van der Waals surface area contributed by atoms with Crippen LogP contribution in [-0.2, 0) is 18.4 Å². The molecule has 2 heterocycles. The van der Waals surface area contributed by atoms with Crippen LogP contribution in [0.1, 0.15) is 26.7 Å². The van der Waals surface area contributed by atoms with E-state index in [-0.39, 0.29) is 18.0 Å². The van der Waals surface area contributed by atoms with Crippen LogP contribution in [0.2, 0.25) is 0 Å². The molecule has 0 saturated heterocycles. The fourth-order valence-corrected chi connectivity index (χ4v) is 3.26. The number of aromatic nitrogens is 2. The maximum Gasteiger partial charge on any atom is 0.331 e. The molecule has 2 aromatic heterocycles. The molecule has 0 aromatic carbocycles. The van der Waals surface area contributed by atoms with Crippen molar-refractivity contribution in [3.05, 3.63) is 32.3 Å². The summed E-state index contributed by atoms with van der Waals surface area (Å²) < 4.78 is 2.96. The molecule has 0 radical (unpaired) electrons. The summed E-state index contributed by atoms with van der Waals surface area (Å²) in [6, 6.07) is 1.72. The van der Waals surface area contributed by atoms with Gasteiger partial charge < -0.3 is 4.90 Å². The maximum absolute atomic E-state index is 12.4. The van der Waals surface area contributed by atoms with E-state index >= 15 is 0 Å². The fraction of sp³-hybridized carbons (Fsp3) is 0.533. The van der Waals surface area contributed by atoms with E-state index in [0.29, 0.717) is 23.3 Å². The van der Waals surface area contributed by atoms with Crippen molar-refractivity contribution >= 4 is 27.5 Å². The molecule has 22 heavy (non-hydrogen) atoms. The maximum atomic E-state index is 12.4. The lowest BCUT2D eigenvalue weighted by Crippen LogP contribution is -2.42. The van der Waals surface area contributed by atoms with Gasteiger partial charge >= 0.3 is 5.69 Å². The third-order valence-corrected chi connectivity index (χ3v) is 4.65. The molecule has 0 aliphatic carbocycles. The minimum absolute atomic E-state index is 0.0300. The minimum atomic E-state index is -0.448. The lowest BCUT2D eigenvalue weighted by Gasteiger charge is -2.21. The average molecular weight is 323 g/mol. The number of carbonyl (C=O) groups is 1. The van der Waals surface area contributed by atoms with Gasteiger partial charge in [-0.05, 0) is 24.8 Å². The van der Waals surface area contributed by atoms with Crippen molar-refractivity contribution in [1.29, 1.82) is 0 Å². The first-order chi connectivity index (χ1) is 10.5. The Morgan fingerprint density at radius 2 is 2.05 bits per heavy atom. The third kappa shape index (κ3) is 2.99. The Morgan fingerprint density at radius 3 is 2.68 bits per heavy atom. The zero-order chi connectivity index (χ0) is 16.3. The Kier molecular flexibility index (Phi) is 5.18. The number of hydrogen-bond donors (Lipinski definition) is 0. The Labute approximate surface area is 132 Å². The molecule has 2 rings (SSSR count). The highest BCUT2D eigenvalue weighted by Gasteiger charge is 2.17. The van der Waals surface area contributed by atoms with Crippen LogP contribution < -0.4 is 11.2 Å². The molecule has 0 N–H and O–H groups in total. The number of rotatable bonds is 6. The summed E-state index contributed by atoms with van der Waals surface area (Å²) in [5, 5.41) is 1.77. The van der Waals surface area contributed by atoms with E-state index in [1.54, 1.807) is 16.3 Å². The second kappa shape index (κ2) is 6.91. The van der Waals surface area contributed by atoms with Crippen LogP contribution in [0.4, 0.5) is 0 Å². The van der Waals surface area contributed by atoms with Crippen molar-refractivity contribution in [3.8, 4) is 0 Å². The van der Waals surface area contributed by atoms with E-state index < -0.39 is 5.69 Å². The Balaban J connectivity index is 2.39. The number of thiophene rings is 1. The van der Waals surface area contributed by atoms with Gasteiger partial charge in [-0.3, -0.25) is 18.7 Å². The molecule has 7 heteroatoms. The number of amides is 1. The summed E-state index contributed by atoms with van der Waals surface area (Å²) in [5.74, 6) is -0.0933. The average Bonchev–Trinajstić information content (AvgIpc) is 2.99. The number of fused-ring (bicyclic) bond motifs is 1. The summed E-state index contributed by atoms with van der Waals surface area (Å²) in [6.07, 6.45) is 1.95.